The number of hydrogen-bond acceptors (Lipinski definition) is 5. The van der Waals surface area contributed by atoms with E-state index >= 15 is 0 Å². The van der Waals surface area contributed by atoms with E-state index in [-0.39, 0.29) is 0 Å². The van der Waals surface area contributed by atoms with Gasteiger partial charge in [0.2, 0.25) is 0 Å². The summed E-state index contributed by atoms with van der Waals surface area (Å²) >= 11 is 0. The largest absolute Gasteiger partial charge is 0.497 e. The van der Waals surface area contributed by atoms with Gasteiger partial charge in [-0.15, -0.1) is 0 Å². The van der Waals surface area contributed by atoms with Gasteiger partial charge in [0.1, 0.15) is 11.6 Å². The zero-order chi connectivity index (χ0) is 14.7. The van der Waals surface area contributed by atoms with E-state index < -0.39 is 0 Å². The Balaban J connectivity index is 2.04. The standard InChI is InChI=1S/C16H20N4O/c1-21-12-9-7-11(8-10-12)15-18-14-6-4-2-3-5-13(14)16(19-15)20-17/h7-10H,2-6,17H2,1H3,(H,18,19,20). The number of fused-ring (bicyclic) bond motifs is 1. The van der Waals surface area contributed by atoms with E-state index in [0.29, 0.717) is 5.82 Å². The highest BCUT2D eigenvalue weighted by molar-refractivity contribution is 5.60. The molecule has 0 radical (unpaired) electrons. The van der Waals surface area contributed by atoms with Gasteiger partial charge in [-0.1, -0.05) is 6.42 Å². The molecule has 5 nitrogen and oxygen atoms in total. The molecular weight excluding hydrogens is 264 g/mol. The Kier molecular flexibility index (Phi) is 4.01. The summed E-state index contributed by atoms with van der Waals surface area (Å²) in [5, 5.41) is 0. The summed E-state index contributed by atoms with van der Waals surface area (Å²) in [4.78, 5) is 9.34. The van der Waals surface area contributed by atoms with Crippen LogP contribution in [-0.2, 0) is 12.8 Å². The molecule has 0 bridgehead atoms. The zero-order valence-corrected chi connectivity index (χ0v) is 12.2. The quantitative estimate of drug-likeness (QED) is 0.515. The maximum atomic E-state index is 5.66. The van der Waals surface area contributed by atoms with Crippen LogP contribution in [0.5, 0.6) is 5.75 Å². The monoisotopic (exact) mass is 284 g/mol. The first kappa shape index (κ1) is 13.8. The Morgan fingerprint density at radius 2 is 1.81 bits per heavy atom. The van der Waals surface area contributed by atoms with Crippen molar-refractivity contribution >= 4 is 5.82 Å². The first-order valence-corrected chi connectivity index (χ1v) is 7.32. The number of aromatic nitrogens is 2. The highest BCUT2D eigenvalue weighted by Gasteiger charge is 2.17. The van der Waals surface area contributed by atoms with Crippen LogP contribution < -0.4 is 16.0 Å². The lowest BCUT2D eigenvalue weighted by Gasteiger charge is -2.13. The molecule has 1 aromatic carbocycles. The number of hydrazine groups is 1. The molecule has 1 aromatic heterocycles. The summed E-state index contributed by atoms with van der Waals surface area (Å²) in [7, 11) is 1.66. The van der Waals surface area contributed by atoms with Gasteiger partial charge in [-0.3, -0.25) is 0 Å². The molecule has 1 aliphatic rings. The first-order valence-electron chi connectivity index (χ1n) is 7.32. The molecule has 0 saturated carbocycles. The highest BCUT2D eigenvalue weighted by atomic mass is 16.5. The van der Waals surface area contributed by atoms with Crippen LogP contribution in [0.1, 0.15) is 30.5 Å². The molecule has 0 saturated heterocycles. The molecule has 0 aliphatic heterocycles. The molecule has 5 heteroatoms. The molecule has 3 rings (SSSR count). The van der Waals surface area contributed by atoms with Gasteiger partial charge in [0.15, 0.2) is 5.82 Å². The number of nitrogen functional groups attached to an aromatic ring is 1. The number of nitrogens with two attached hydrogens (primary N) is 1. The van der Waals surface area contributed by atoms with Crippen LogP contribution in [0, 0.1) is 0 Å². The van der Waals surface area contributed by atoms with Crippen molar-refractivity contribution in [2.24, 2.45) is 5.84 Å². The van der Waals surface area contributed by atoms with Crippen molar-refractivity contribution < 1.29 is 4.74 Å². The number of nitrogens with zero attached hydrogens (tertiary/aromatic N) is 2. The summed E-state index contributed by atoms with van der Waals surface area (Å²) in [6, 6.07) is 7.77. The number of methoxy groups -OCH3 is 1. The molecule has 3 N–H and O–H groups in total. The van der Waals surface area contributed by atoms with Crippen molar-refractivity contribution in [2.45, 2.75) is 32.1 Å². The average Bonchev–Trinajstić information content (AvgIpc) is 2.79. The van der Waals surface area contributed by atoms with E-state index in [0.717, 1.165) is 35.7 Å². The Morgan fingerprint density at radius 3 is 2.52 bits per heavy atom. The fourth-order valence-corrected chi connectivity index (χ4v) is 2.76. The van der Waals surface area contributed by atoms with Crippen molar-refractivity contribution in [2.75, 3.05) is 12.5 Å². The number of rotatable bonds is 3. The number of aryl methyl sites for hydroxylation is 1. The Hall–Kier alpha value is -2.14. The predicted octanol–water partition coefficient (Wildman–Crippen LogP) is 2.71. The summed E-state index contributed by atoms with van der Waals surface area (Å²) in [6.07, 6.45) is 5.58. The van der Waals surface area contributed by atoms with Crippen molar-refractivity contribution in [1.82, 2.24) is 9.97 Å². The molecule has 0 spiro atoms. The van der Waals surface area contributed by atoms with Gasteiger partial charge in [0.05, 0.1) is 7.11 Å². The maximum absolute atomic E-state index is 5.66. The van der Waals surface area contributed by atoms with Crippen LogP contribution in [-0.4, -0.2) is 17.1 Å². The van der Waals surface area contributed by atoms with Gasteiger partial charge < -0.3 is 10.2 Å². The highest BCUT2D eigenvalue weighted by Crippen LogP contribution is 2.28. The van der Waals surface area contributed by atoms with E-state index in [1.807, 2.05) is 24.3 Å². The van der Waals surface area contributed by atoms with Gasteiger partial charge in [0.25, 0.3) is 0 Å². The maximum Gasteiger partial charge on any atom is 0.161 e. The molecule has 0 atom stereocenters. The normalized spacial score (nSPS) is 14.2. The third-order valence-electron chi connectivity index (χ3n) is 3.92. The Labute approximate surface area is 124 Å². The van der Waals surface area contributed by atoms with Crippen LogP contribution in [0.4, 0.5) is 5.82 Å². The summed E-state index contributed by atoms with van der Waals surface area (Å²) in [6.45, 7) is 0. The Morgan fingerprint density at radius 1 is 1.05 bits per heavy atom. The summed E-state index contributed by atoms with van der Waals surface area (Å²) in [5.74, 6) is 7.95. The van der Waals surface area contributed by atoms with Crippen LogP contribution in [0.2, 0.25) is 0 Å². The summed E-state index contributed by atoms with van der Waals surface area (Å²) < 4.78 is 5.18. The number of nitrogens with one attached hydrogen (secondary N) is 1. The minimum Gasteiger partial charge on any atom is -0.497 e. The van der Waals surface area contributed by atoms with Crippen LogP contribution in [0.15, 0.2) is 24.3 Å². The first-order chi connectivity index (χ1) is 10.3. The van der Waals surface area contributed by atoms with Crippen molar-refractivity contribution in [3.8, 4) is 17.1 Å². The predicted molar refractivity (Wildman–Crippen MR) is 83.1 cm³/mol. The zero-order valence-electron chi connectivity index (χ0n) is 12.2. The average molecular weight is 284 g/mol. The number of hydrogen-bond donors (Lipinski definition) is 2. The van der Waals surface area contributed by atoms with Crippen molar-refractivity contribution in [1.29, 1.82) is 0 Å². The van der Waals surface area contributed by atoms with E-state index in [4.69, 9.17) is 15.6 Å². The minimum absolute atomic E-state index is 0.714. The topological polar surface area (TPSA) is 73.1 Å². The van der Waals surface area contributed by atoms with Gasteiger partial charge in [-0.2, -0.15) is 0 Å². The molecule has 1 heterocycles. The van der Waals surface area contributed by atoms with E-state index in [1.165, 1.54) is 24.8 Å². The fraction of sp³-hybridized carbons (Fsp3) is 0.375. The lowest BCUT2D eigenvalue weighted by atomic mass is 10.1. The van der Waals surface area contributed by atoms with Crippen LogP contribution in [0.3, 0.4) is 0 Å². The molecule has 21 heavy (non-hydrogen) atoms. The van der Waals surface area contributed by atoms with E-state index in [1.54, 1.807) is 7.11 Å². The summed E-state index contributed by atoms with van der Waals surface area (Å²) in [5.41, 5.74) is 6.01. The lowest BCUT2D eigenvalue weighted by Crippen LogP contribution is -2.14. The molecule has 110 valence electrons. The van der Waals surface area contributed by atoms with Crippen LogP contribution >= 0.6 is 0 Å². The second-order valence-electron chi connectivity index (χ2n) is 5.25. The fourth-order valence-electron chi connectivity index (χ4n) is 2.76. The molecule has 0 unspecified atom stereocenters. The van der Waals surface area contributed by atoms with Gasteiger partial charge in [-0.05, 0) is 49.9 Å². The second kappa shape index (κ2) is 6.10. The van der Waals surface area contributed by atoms with Gasteiger partial charge in [-0.25, -0.2) is 15.8 Å². The lowest BCUT2D eigenvalue weighted by molar-refractivity contribution is 0.415. The van der Waals surface area contributed by atoms with Crippen molar-refractivity contribution in [3.63, 3.8) is 0 Å². The van der Waals surface area contributed by atoms with Crippen molar-refractivity contribution in [3.05, 3.63) is 35.5 Å². The molecule has 2 aromatic rings. The molecular formula is C16H20N4O. The number of ether oxygens (including phenoxy) is 1. The second-order valence-corrected chi connectivity index (χ2v) is 5.25. The third kappa shape index (κ3) is 2.83. The van der Waals surface area contributed by atoms with Gasteiger partial charge >= 0.3 is 0 Å². The van der Waals surface area contributed by atoms with Crippen LogP contribution in [0.25, 0.3) is 11.4 Å². The molecule has 0 amide bonds. The number of benzene rings is 1. The van der Waals surface area contributed by atoms with E-state index in [2.05, 4.69) is 10.4 Å². The number of anilines is 1. The molecule has 0 fully saturated rings. The SMILES string of the molecule is COc1ccc(-c2nc3c(c(NN)n2)CCCCC3)cc1. The third-order valence-corrected chi connectivity index (χ3v) is 3.92. The molecule has 1 aliphatic carbocycles. The Bertz CT molecular complexity index is 625. The van der Waals surface area contributed by atoms with Gasteiger partial charge in [0, 0.05) is 16.8 Å². The minimum atomic E-state index is 0.714. The smallest absolute Gasteiger partial charge is 0.161 e. The van der Waals surface area contributed by atoms with E-state index in [9.17, 15) is 0 Å².